The highest BCUT2D eigenvalue weighted by molar-refractivity contribution is 5.86. The molecule has 0 saturated heterocycles. The van der Waals surface area contributed by atoms with Crippen LogP contribution in [0.5, 0.6) is 5.75 Å². The summed E-state index contributed by atoms with van der Waals surface area (Å²) in [6.07, 6.45) is 3.85. The quantitative estimate of drug-likeness (QED) is 0.129. The van der Waals surface area contributed by atoms with Gasteiger partial charge in [-0.2, -0.15) is 0 Å². The molecule has 232 valence electrons. The smallest absolute Gasteiger partial charge is 0.306 e. The molecule has 0 saturated carbocycles. The molecule has 3 aromatic rings. The fourth-order valence-electron chi connectivity index (χ4n) is 4.57. The van der Waals surface area contributed by atoms with E-state index in [2.05, 4.69) is 23.8 Å². The van der Waals surface area contributed by atoms with E-state index in [0.717, 1.165) is 22.4 Å². The van der Waals surface area contributed by atoms with E-state index in [-0.39, 0.29) is 50.2 Å². The van der Waals surface area contributed by atoms with Crippen molar-refractivity contribution in [1.29, 1.82) is 0 Å². The predicted octanol–water partition coefficient (Wildman–Crippen LogP) is 5.23. The Morgan fingerprint density at radius 2 is 1.55 bits per heavy atom. The Bertz CT molecular complexity index is 1330. The lowest BCUT2D eigenvalue weighted by molar-refractivity contribution is -0.150. The Hall–Kier alpha value is -4.69. The van der Waals surface area contributed by atoms with Crippen molar-refractivity contribution < 1.29 is 29.0 Å². The van der Waals surface area contributed by atoms with Gasteiger partial charge in [0.15, 0.2) is 0 Å². The van der Waals surface area contributed by atoms with Gasteiger partial charge in [0.1, 0.15) is 18.5 Å². The molecule has 3 aromatic carbocycles. The molecule has 44 heavy (non-hydrogen) atoms. The van der Waals surface area contributed by atoms with Crippen molar-refractivity contribution in [3.63, 3.8) is 0 Å². The zero-order valence-corrected chi connectivity index (χ0v) is 25.0. The third-order valence-electron chi connectivity index (χ3n) is 6.95. The summed E-state index contributed by atoms with van der Waals surface area (Å²) in [4.78, 5) is 38.4. The van der Waals surface area contributed by atoms with Gasteiger partial charge in [-0.3, -0.25) is 14.4 Å². The van der Waals surface area contributed by atoms with Crippen molar-refractivity contribution in [2.75, 3.05) is 13.2 Å². The molecule has 3 rings (SSSR count). The summed E-state index contributed by atoms with van der Waals surface area (Å²) in [6.45, 7) is 7.62. The maximum absolute atomic E-state index is 13.1. The molecular weight excluding hydrogens is 556 g/mol. The van der Waals surface area contributed by atoms with Gasteiger partial charge >= 0.3 is 5.97 Å². The van der Waals surface area contributed by atoms with Gasteiger partial charge in [0.25, 0.3) is 0 Å². The van der Waals surface area contributed by atoms with Gasteiger partial charge in [0.05, 0.1) is 25.1 Å². The number of aliphatic hydroxyl groups excluding tert-OH is 1. The third kappa shape index (κ3) is 11.9. The predicted molar refractivity (Wildman–Crippen MR) is 171 cm³/mol. The average molecular weight is 599 g/mol. The highest BCUT2D eigenvalue weighted by Gasteiger charge is 2.24. The van der Waals surface area contributed by atoms with Crippen LogP contribution in [0, 0.1) is 5.92 Å². The molecule has 0 fully saturated rings. The minimum Gasteiger partial charge on any atom is -0.489 e. The van der Waals surface area contributed by atoms with Gasteiger partial charge in [-0.15, -0.1) is 13.2 Å². The van der Waals surface area contributed by atoms with Crippen molar-refractivity contribution in [2.24, 2.45) is 5.92 Å². The van der Waals surface area contributed by atoms with Crippen molar-refractivity contribution >= 4 is 17.8 Å². The Balaban J connectivity index is 1.52. The van der Waals surface area contributed by atoms with E-state index >= 15 is 0 Å². The molecule has 2 amide bonds. The molecular formula is C36H42N2O6. The van der Waals surface area contributed by atoms with Crippen LogP contribution in [-0.2, 0) is 32.1 Å². The first-order chi connectivity index (χ1) is 21.4. The Morgan fingerprint density at radius 1 is 0.864 bits per heavy atom. The number of hydrogen-bond donors (Lipinski definition) is 3. The molecule has 0 aliphatic carbocycles. The van der Waals surface area contributed by atoms with Gasteiger partial charge in [0.2, 0.25) is 11.8 Å². The molecule has 0 spiro atoms. The summed E-state index contributed by atoms with van der Waals surface area (Å²) >= 11 is 0. The SMILES string of the molecule is C=CCCC(=O)O[C@@H](CNC(=O)[C@@H](CC=C)CC(=O)N[C@H](CO)Cc1ccc(OCc2ccccc2)cc1)c1ccccc1. The number of rotatable bonds is 19. The van der Waals surface area contributed by atoms with E-state index in [0.29, 0.717) is 19.4 Å². The molecule has 0 radical (unpaired) electrons. The van der Waals surface area contributed by atoms with Crippen LogP contribution in [0.1, 0.15) is 48.5 Å². The molecule has 0 aromatic heterocycles. The van der Waals surface area contributed by atoms with Crippen LogP contribution in [0.25, 0.3) is 0 Å². The van der Waals surface area contributed by atoms with Gasteiger partial charge in [0, 0.05) is 12.8 Å². The highest BCUT2D eigenvalue weighted by Crippen LogP contribution is 2.19. The lowest BCUT2D eigenvalue weighted by Gasteiger charge is -2.22. The van der Waals surface area contributed by atoms with Gasteiger partial charge in [-0.25, -0.2) is 0 Å². The van der Waals surface area contributed by atoms with Crippen LogP contribution in [0.3, 0.4) is 0 Å². The molecule has 3 atom stereocenters. The van der Waals surface area contributed by atoms with Gasteiger partial charge in [-0.1, -0.05) is 84.9 Å². The third-order valence-corrected chi connectivity index (χ3v) is 6.95. The van der Waals surface area contributed by atoms with E-state index in [1.54, 1.807) is 12.2 Å². The molecule has 3 N–H and O–H groups in total. The van der Waals surface area contributed by atoms with Crippen LogP contribution in [-0.4, -0.2) is 42.1 Å². The van der Waals surface area contributed by atoms with Gasteiger partial charge < -0.3 is 25.2 Å². The second-order valence-corrected chi connectivity index (χ2v) is 10.5. The van der Waals surface area contributed by atoms with Crippen LogP contribution < -0.4 is 15.4 Å². The topological polar surface area (TPSA) is 114 Å². The number of nitrogens with one attached hydrogen (secondary N) is 2. The van der Waals surface area contributed by atoms with Crippen molar-refractivity contribution in [2.45, 2.75) is 50.9 Å². The number of carbonyl (C=O) groups excluding carboxylic acids is 3. The summed E-state index contributed by atoms with van der Waals surface area (Å²) in [5.41, 5.74) is 2.74. The summed E-state index contributed by atoms with van der Waals surface area (Å²) in [7, 11) is 0. The van der Waals surface area contributed by atoms with Crippen LogP contribution in [0.15, 0.2) is 110 Å². The molecule has 0 aliphatic heterocycles. The minimum absolute atomic E-state index is 0.0578. The number of esters is 1. The van der Waals surface area contributed by atoms with E-state index in [1.807, 2.05) is 84.9 Å². The van der Waals surface area contributed by atoms with Gasteiger partial charge in [-0.05, 0) is 48.1 Å². The van der Waals surface area contributed by atoms with Crippen LogP contribution in [0.2, 0.25) is 0 Å². The van der Waals surface area contributed by atoms with Crippen LogP contribution >= 0.6 is 0 Å². The van der Waals surface area contributed by atoms with E-state index in [1.165, 1.54) is 0 Å². The second-order valence-electron chi connectivity index (χ2n) is 10.5. The van der Waals surface area contributed by atoms with Crippen LogP contribution in [0.4, 0.5) is 0 Å². The number of amides is 2. The highest BCUT2D eigenvalue weighted by atomic mass is 16.5. The number of allylic oxidation sites excluding steroid dienone is 2. The number of benzene rings is 3. The lowest BCUT2D eigenvalue weighted by Crippen LogP contribution is -2.42. The summed E-state index contributed by atoms with van der Waals surface area (Å²) in [6, 6.07) is 26.0. The number of ether oxygens (including phenoxy) is 2. The molecule has 8 nitrogen and oxygen atoms in total. The zero-order valence-electron chi connectivity index (χ0n) is 25.0. The normalized spacial score (nSPS) is 12.7. The first kappa shape index (κ1) is 33.8. The van der Waals surface area contributed by atoms with E-state index in [4.69, 9.17) is 9.47 Å². The number of carbonyl (C=O) groups is 3. The fraction of sp³-hybridized carbons (Fsp3) is 0.306. The maximum atomic E-state index is 13.1. The zero-order chi connectivity index (χ0) is 31.6. The molecule has 0 unspecified atom stereocenters. The lowest BCUT2D eigenvalue weighted by atomic mass is 9.98. The number of aliphatic hydroxyl groups is 1. The molecule has 0 aliphatic rings. The Morgan fingerprint density at radius 3 is 2.18 bits per heavy atom. The standard InChI is InChI=1S/C36H42N2O6/c1-3-5-17-35(41)44-33(29-15-10-7-11-16-29)24-37-36(42)30(12-4-2)23-34(40)38-31(25-39)22-27-18-20-32(21-19-27)43-26-28-13-8-6-9-14-28/h3-4,6-11,13-16,18-21,30-31,33,39H,1-2,5,12,17,22-26H2,(H,37,42)(H,38,40)/t30-,31-,33-/m0/s1. The number of hydrogen-bond acceptors (Lipinski definition) is 6. The Kier molecular flexibility index (Phi) is 14.4. The summed E-state index contributed by atoms with van der Waals surface area (Å²) in [5, 5.41) is 15.6. The van der Waals surface area contributed by atoms with E-state index in [9.17, 15) is 19.5 Å². The largest absolute Gasteiger partial charge is 0.489 e. The van der Waals surface area contributed by atoms with Crippen molar-refractivity contribution in [3.8, 4) is 5.75 Å². The van der Waals surface area contributed by atoms with Crippen molar-refractivity contribution in [3.05, 3.63) is 127 Å². The molecule has 0 heterocycles. The summed E-state index contributed by atoms with van der Waals surface area (Å²) < 4.78 is 11.5. The maximum Gasteiger partial charge on any atom is 0.306 e. The second kappa shape index (κ2) is 18.8. The first-order valence-electron chi connectivity index (χ1n) is 14.8. The molecule has 0 bridgehead atoms. The first-order valence-corrected chi connectivity index (χ1v) is 14.8. The average Bonchev–Trinajstić information content (AvgIpc) is 3.05. The van der Waals surface area contributed by atoms with Crippen molar-refractivity contribution in [1.82, 2.24) is 10.6 Å². The van der Waals surface area contributed by atoms with E-state index < -0.39 is 18.1 Å². The monoisotopic (exact) mass is 598 g/mol. The summed E-state index contributed by atoms with van der Waals surface area (Å²) in [5.74, 6) is -1.05. The fourth-order valence-corrected chi connectivity index (χ4v) is 4.57. The molecule has 8 heteroatoms. The Labute approximate surface area is 259 Å². The minimum atomic E-state index is -0.680.